The number of hydrogen-bond acceptors (Lipinski definition) is 1. The third kappa shape index (κ3) is 2.57. The molecule has 0 saturated carbocycles. The maximum absolute atomic E-state index is 5.01. The minimum Gasteiger partial charge on any atom is -0.297 e. The van der Waals surface area contributed by atoms with Crippen LogP contribution in [0.25, 0.3) is 49.4 Å². The van der Waals surface area contributed by atoms with Crippen LogP contribution in [0.2, 0.25) is 0 Å². The normalized spacial score (nSPS) is 12.4. The van der Waals surface area contributed by atoms with Gasteiger partial charge in [0.2, 0.25) is 0 Å². The van der Waals surface area contributed by atoms with E-state index in [1.165, 1.54) is 21.5 Å². The van der Waals surface area contributed by atoms with Crippen molar-refractivity contribution in [2.75, 3.05) is 0 Å². The summed E-state index contributed by atoms with van der Waals surface area (Å²) in [4.78, 5) is 5.01. The van der Waals surface area contributed by atoms with Crippen molar-refractivity contribution in [2.45, 2.75) is 6.92 Å². The number of nitrogens with zero attached hydrogens (tertiary/aromatic N) is 3. The van der Waals surface area contributed by atoms with Crippen LogP contribution in [-0.4, -0.2) is 15.0 Å². The molecule has 3 heteroatoms. The van der Waals surface area contributed by atoms with Crippen LogP contribution in [0.5, 0.6) is 0 Å². The number of hydrogen-bond donors (Lipinski definition) is 0. The van der Waals surface area contributed by atoms with Gasteiger partial charge in [0.25, 0.3) is 0 Å². The molecule has 6 rings (SSSR count). The lowest BCUT2D eigenvalue weighted by Gasteiger charge is -2.11. The summed E-state index contributed by atoms with van der Waals surface area (Å²) in [6.45, 7) is 6.42. The fraction of sp³-hybridized carbons (Fsp3) is 0.0357. The molecule has 0 aliphatic rings. The van der Waals surface area contributed by atoms with Crippen LogP contribution in [0.3, 0.4) is 0 Å². The van der Waals surface area contributed by atoms with Crippen molar-refractivity contribution < 1.29 is 0 Å². The van der Waals surface area contributed by atoms with Crippen molar-refractivity contribution in [2.24, 2.45) is 4.99 Å². The summed E-state index contributed by atoms with van der Waals surface area (Å²) in [5.41, 5.74) is 4.54. The largest absolute Gasteiger partial charge is 0.297 e. The van der Waals surface area contributed by atoms with Crippen molar-refractivity contribution in [1.82, 2.24) is 9.13 Å². The van der Waals surface area contributed by atoms with Gasteiger partial charge in [0.1, 0.15) is 11.7 Å². The SMILES string of the molecule is C=C(N=C(C)n1c2ccccc2c2ccccc21)n1c2ccccc2c2ccccc21. The van der Waals surface area contributed by atoms with E-state index >= 15 is 0 Å². The van der Waals surface area contributed by atoms with Crippen molar-refractivity contribution in [3.05, 3.63) is 104 Å². The Balaban J connectivity index is 1.59. The Labute approximate surface area is 180 Å². The van der Waals surface area contributed by atoms with Crippen molar-refractivity contribution >= 4 is 55.3 Å². The molecule has 3 nitrogen and oxygen atoms in total. The minimum absolute atomic E-state index is 0.705. The van der Waals surface area contributed by atoms with Crippen LogP contribution in [0.1, 0.15) is 6.92 Å². The van der Waals surface area contributed by atoms with Gasteiger partial charge >= 0.3 is 0 Å². The number of aromatic nitrogens is 2. The maximum atomic E-state index is 5.01. The summed E-state index contributed by atoms with van der Waals surface area (Å²) in [7, 11) is 0. The molecule has 4 aromatic carbocycles. The second-order valence-electron chi connectivity index (χ2n) is 7.81. The summed E-state index contributed by atoms with van der Waals surface area (Å²) < 4.78 is 4.38. The van der Waals surface area contributed by atoms with Gasteiger partial charge in [-0.05, 0) is 31.2 Å². The first-order valence-electron chi connectivity index (χ1n) is 10.5. The molecule has 0 aliphatic heterocycles. The molecule has 0 amide bonds. The Hall–Kier alpha value is -4.11. The molecule has 0 aliphatic carbocycles. The van der Waals surface area contributed by atoms with Gasteiger partial charge in [-0.15, -0.1) is 0 Å². The molecule has 0 fully saturated rings. The molecule has 0 radical (unpaired) electrons. The monoisotopic (exact) mass is 399 g/mol. The topological polar surface area (TPSA) is 22.2 Å². The second kappa shape index (κ2) is 6.71. The third-order valence-electron chi connectivity index (χ3n) is 6.03. The molecule has 0 spiro atoms. The van der Waals surface area contributed by atoms with Gasteiger partial charge in [-0.1, -0.05) is 79.4 Å². The number of aliphatic imine (C=N–C) groups is 1. The average Bonchev–Trinajstić information content (AvgIpc) is 3.32. The van der Waals surface area contributed by atoms with E-state index in [0.717, 1.165) is 27.9 Å². The highest BCUT2D eigenvalue weighted by Crippen LogP contribution is 2.32. The Kier molecular flexibility index (Phi) is 3.84. The molecule has 2 heterocycles. The van der Waals surface area contributed by atoms with E-state index in [1.807, 2.05) is 0 Å². The highest BCUT2D eigenvalue weighted by Gasteiger charge is 2.14. The molecule has 31 heavy (non-hydrogen) atoms. The smallest absolute Gasteiger partial charge is 0.132 e. The van der Waals surface area contributed by atoms with Crippen molar-refractivity contribution in [3.8, 4) is 0 Å². The van der Waals surface area contributed by atoms with Crippen LogP contribution < -0.4 is 0 Å². The molecule has 0 atom stereocenters. The summed E-state index contributed by atoms with van der Waals surface area (Å²) in [5.74, 6) is 1.60. The number of rotatable bonds is 2. The van der Waals surface area contributed by atoms with Crippen molar-refractivity contribution in [1.29, 1.82) is 0 Å². The standard InChI is InChI=1S/C28H21N3/c1-19(30-25-15-7-3-11-21(25)22-12-4-8-16-26(22)30)29-20(2)31-27-17-9-5-13-23(27)24-14-6-10-18-28(24)31/h3-18H,1H2,2H3. The maximum Gasteiger partial charge on any atom is 0.132 e. The van der Waals surface area contributed by atoms with Gasteiger partial charge in [-0.25, -0.2) is 4.99 Å². The zero-order valence-corrected chi connectivity index (χ0v) is 17.3. The number of fused-ring (bicyclic) bond motifs is 6. The molecule has 0 bridgehead atoms. The van der Waals surface area contributed by atoms with E-state index in [4.69, 9.17) is 4.99 Å². The van der Waals surface area contributed by atoms with E-state index in [0.29, 0.717) is 5.82 Å². The Morgan fingerprint density at radius 3 is 1.26 bits per heavy atom. The molecular weight excluding hydrogens is 378 g/mol. The van der Waals surface area contributed by atoms with Crippen molar-refractivity contribution in [3.63, 3.8) is 0 Å². The predicted molar refractivity (Wildman–Crippen MR) is 133 cm³/mol. The third-order valence-corrected chi connectivity index (χ3v) is 6.03. The van der Waals surface area contributed by atoms with Crippen LogP contribution >= 0.6 is 0 Å². The Bertz CT molecular complexity index is 1550. The quantitative estimate of drug-likeness (QED) is 0.215. The summed E-state index contributed by atoms with van der Waals surface area (Å²) in [6.07, 6.45) is 0. The van der Waals surface area contributed by atoms with Crippen LogP contribution in [0, 0.1) is 0 Å². The first-order chi connectivity index (χ1) is 15.2. The number of para-hydroxylation sites is 4. The first kappa shape index (κ1) is 17.7. The molecule has 0 N–H and O–H groups in total. The van der Waals surface area contributed by atoms with Gasteiger partial charge in [0.05, 0.1) is 22.1 Å². The lowest BCUT2D eigenvalue weighted by atomic mass is 10.2. The molecule has 0 unspecified atom stereocenters. The van der Waals surface area contributed by atoms with E-state index in [1.54, 1.807) is 0 Å². The molecule has 6 aromatic rings. The Morgan fingerprint density at radius 2 is 0.871 bits per heavy atom. The van der Waals surface area contributed by atoms with E-state index in [2.05, 4.69) is 120 Å². The van der Waals surface area contributed by atoms with Gasteiger partial charge in [0.15, 0.2) is 0 Å². The summed E-state index contributed by atoms with van der Waals surface area (Å²) in [6, 6.07) is 33.8. The van der Waals surface area contributed by atoms with Crippen LogP contribution in [0.4, 0.5) is 0 Å². The second-order valence-corrected chi connectivity index (χ2v) is 7.81. The Morgan fingerprint density at radius 1 is 0.548 bits per heavy atom. The zero-order chi connectivity index (χ0) is 20.9. The lowest BCUT2D eigenvalue weighted by Crippen LogP contribution is -2.08. The van der Waals surface area contributed by atoms with E-state index in [-0.39, 0.29) is 0 Å². The molecule has 0 saturated heterocycles. The highest BCUT2D eigenvalue weighted by atomic mass is 15.2. The molecular formula is C28H21N3. The van der Waals surface area contributed by atoms with E-state index < -0.39 is 0 Å². The zero-order valence-electron chi connectivity index (χ0n) is 17.3. The lowest BCUT2D eigenvalue weighted by molar-refractivity contribution is 1.15. The molecule has 2 aromatic heterocycles. The van der Waals surface area contributed by atoms with E-state index in [9.17, 15) is 0 Å². The van der Waals surface area contributed by atoms with Gasteiger partial charge in [0, 0.05) is 21.5 Å². The predicted octanol–water partition coefficient (Wildman–Crippen LogP) is 7.30. The van der Waals surface area contributed by atoms with Gasteiger partial charge in [-0.3, -0.25) is 9.13 Å². The average molecular weight is 399 g/mol. The minimum atomic E-state index is 0.705. The fourth-order valence-corrected chi connectivity index (χ4v) is 4.76. The van der Waals surface area contributed by atoms with Crippen LogP contribution in [-0.2, 0) is 0 Å². The first-order valence-corrected chi connectivity index (χ1v) is 10.5. The van der Waals surface area contributed by atoms with Gasteiger partial charge < -0.3 is 0 Å². The fourth-order valence-electron chi connectivity index (χ4n) is 4.76. The number of benzene rings is 4. The van der Waals surface area contributed by atoms with Gasteiger partial charge in [-0.2, -0.15) is 0 Å². The summed E-state index contributed by atoms with van der Waals surface area (Å²) in [5, 5.41) is 4.89. The highest BCUT2D eigenvalue weighted by molar-refractivity contribution is 6.14. The summed E-state index contributed by atoms with van der Waals surface area (Å²) >= 11 is 0. The molecule has 148 valence electrons. The van der Waals surface area contributed by atoms with Crippen LogP contribution in [0.15, 0.2) is 109 Å².